The van der Waals surface area contributed by atoms with E-state index >= 15 is 0 Å². The van der Waals surface area contributed by atoms with Crippen molar-refractivity contribution in [2.45, 2.75) is 76.7 Å². The Bertz CT molecular complexity index is 2230. The second kappa shape index (κ2) is 19.2. The molecule has 0 radical (unpaired) electrons. The molecule has 0 amide bonds. The molecule has 0 saturated carbocycles. The van der Waals surface area contributed by atoms with Crippen molar-refractivity contribution < 1.29 is 28.0 Å². The molecule has 59 heavy (non-hydrogen) atoms. The van der Waals surface area contributed by atoms with Crippen molar-refractivity contribution in [3.8, 4) is 29.0 Å². The molecule has 7 rings (SSSR count). The highest BCUT2D eigenvalue weighted by Crippen LogP contribution is 2.51. The highest BCUT2D eigenvalue weighted by atomic mass is 31.2. The molecule has 14 heteroatoms. The third-order valence-electron chi connectivity index (χ3n) is 10.3. The summed E-state index contributed by atoms with van der Waals surface area (Å²) in [6, 6.07) is 34.2. The topological polar surface area (TPSA) is 139 Å². The average Bonchev–Trinajstić information content (AvgIpc) is 3.89. The number of nitrogens with zero attached hydrogens (tertiary/aromatic N) is 7. The number of pyridine rings is 1. The van der Waals surface area contributed by atoms with Crippen LogP contribution < -0.4 is 9.47 Å². The van der Waals surface area contributed by atoms with Gasteiger partial charge in [0.1, 0.15) is 47.0 Å². The Morgan fingerprint density at radius 3 is 2.07 bits per heavy atom. The summed E-state index contributed by atoms with van der Waals surface area (Å²) in [5.74, 6) is 1.46. The van der Waals surface area contributed by atoms with Crippen LogP contribution in [0.15, 0.2) is 116 Å². The lowest BCUT2D eigenvalue weighted by Gasteiger charge is -2.39. The number of rotatable bonds is 18. The number of methoxy groups -OCH3 is 2. The minimum absolute atomic E-state index is 0.103. The van der Waals surface area contributed by atoms with E-state index in [1.54, 1.807) is 26.7 Å². The van der Waals surface area contributed by atoms with Crippen molar-refractivity contribution in [2.75, 3.05) is 27.4 Å². The van der Waals surface area contributed by atoms with E-state index < -0.39 is 32.6 Å². The van der Waals surface area contributed by atoms with Crippen LogP contribution in [0, 0.1) is 11.3 Å². The van der Waals surface area contributed by atoms with Crippen LogP contribution in [0.4, 0.5) is 0 Å². The number of imidazole rings is 1. The quantitative estimate of drug-likeness (QED) is 0.0465. The van der Waals surface area contributed by atoms with Gasteiger partial charge in [0.2, 0.25) is 0 Å². The fraction of sp³-hybridized carbons (Fsp3) is 0.356. The van der Waals surface area contributed by atoms with Crippen LogP contribution in [0.1, 0.15) is 63.5 Å². The Morgan fingerprint density at radius 1 is 0.831 bits per heavy atom. The molecule has 0 bridgehead atoms. The fourth-order valence-corrected chi connectivity index (χ4v) is 9.33. The van der Waals surface area contributed by atoms with Gasteiger partial charge in [-0.05, 0) is 80.8 Å². The molecule has 0 spiro atoms. The highest BCUT2D eigenvalue weighted by Gasteiger charge is 2.45. The van der Waals surface area contributed by atoms with Gasteiger partial charge in [0.15, 0.2) is 5.65 Å². The summed E-state index contributed by atoms with van der Waals surface area (Å²) in [6.07, 6.45) is 4.07. The molecule has 13 nitrogen and oxygen atoms in total. The van der Waals surface area contributed by atoms with Crippen LogP contribution in [0.25, 0.3) is 22.6 Å². The number of hydrogen-bond donors (Lipinski definition) is 0. The summed E-state index contributed by atoms with van der Waals surface area (Å²) in [5, 5.41) is 9.42. The number of benzene rings is 3. The Morgan fingerprint density at radius 2 is 1.47 bits per heavy atom. The fourth-order valence-electron chi connectivity index (χ4n) is 7.58. The average molecular weight is 816 g/mol. The first kappa shape index (κ1) is 41.8. The summed E-state index contributed by atoms with van der Waals surface area (Å²) in [7, 11) is 1.69. The maximum Gasteiger partial charge on any atom is 0.259 e. The predicted octanol–water partition coefficient (Wildman–Crippen LogP) is 8.86. The van der Waals surface area contributed by atoms with Crippen LogP contribution in [0.5, 0.6) is 11.5 Å². The Kier molecular flexibility index (Phi) is 13.6. The van der Waals surface area contributed by atoms with E-state index in [4.69, 9.17) is 33.0 Å². The molecule has 306 valence electrons. The van der Waals surface area contributed by atoms with Crippen molar-refractivity contribution in [3.63, 3.8) is 0 Å². The van der Waals surface area contributed by atoms with E-state index in [1.165, 1.54) is 6.33 Å². The van der Waals surface area contributed by atoms with Crippen molar-refractivity contribution in [1.29, 1.82) is 5.26 Å². The first-order chi connectivity index (χ1) is 28.8. The van der Waals surface area contributed by atoms with Crippen molar-refractivity contribution in [1.82, 2.24) is 29.2 Å². The second-order valence-corrected chi connectivity index (χ2v) is 16.0. The number of ether oxygens (including phenoxy) is 4. The molecule has 4 atom stereocenters. The van der Waals surface area contributed by atoms with E-state index in [-0.39, 0.29) is 31.7 Å². The molecule has 0 N–H and O–H groups in total. The largest absolute Gasteiger partial charge is 0.497 e. The molecule has 1 fully saturated rings. The SMILES string of the molecule is COc1ccc(C(OC[C@H]2O[C@@H](n3cnc4c(-c5ccccn5)ncnc43)C[C@@H]2OP(OCCC#N)N(C(C)C)C(C)C)(c2ccccc2)c2ccc(OC)cc2)cc1. The molecule has 3 aromatic heterocycles. The van der Waals surface area contributed by atoms with Gasteiger partial charge in [0, 0.05) is 24.7 Å². The summed E-state index contributed by atoms with van der Waals surface area (Å²) in [5.41, 5.74) is 4.18. The molecule has 1 saturated heterocycles. The summed E-state index contributed by atoms with van der Waals surface area (Å²) in [6.45, 7) is 8.84. The van der Waals surface area contributed by atoms with Crippen LogP contribution in [-0.2, 0) is 24.1 Å². The Labute approximate surface area is 346 Å². The molecule has 0 aliphatic carbocycles. The zero-order valence-corrected chi connectivity index (χ0v) is 35.1. The van der Waals surface area contributed by atoms with Crippen molar-refractivity contribution in [2.24, 2.45) is 0 Å². The van der Waals surface area contributed by atoms with Gasteiger partial charge in [-0.1, -0.05) is 60.7 Å². The minimum atomic E-state index is -1.62. The van der Waals surface area contributed by atoms with E-state index in [1.807, 2.05) is 89.5 Å². The third kappa shape index (κ3) is 8.99. The van der Waals surface area contributed by atoms with Crippen molar-refractivity contribution in [3.05, 3.63) is 133 Å². The zero-order chi connectivity index (χ0) is 41.4. The van der Waals surface area contributed by atoms with Gasteiger partial charge in [-0.3, -0.25) is 9.55 Å². The number of hydrogen-bond acceptors (Lipinski definition) is 12. The van der Waals surface area contributed by atoms with E-state index in [0.29, 0.717) is 29.0 Å². The smallest absolute Gasteiger partial charge is 0.259 e. The van der Waals surface area contributed by atoms with E-state index in [0.717, 1.165) is 28.2 Å². The van der Waals surface area contributed by atoms with Gasteiger partial charge in [0.05, 0.1) is 58.0 Å². The van der Waals surface area contributed by atoms with Gasteiger partial charge >= 0.3 is 0 Å². The molecular formula is C45H50N7O6P. The first-order valence-electron chi connectivity index (χ1n) is 19.7. The lowest BCUT2D eigenvalue weighted by atomic mass is 9.80. The molecular weight excluding hydrogens is 766 g/mol. The maximum absolute atomic E-state index is 9.42. The van der Waals surface area contributed by atoms with Crippen molar-refractivity contribution >= 4 is 19.7 Å². The predicted molar refractivity (Wildman–Crippen MR) is 225 cm³/mol. The normalized spacial score (nSPS) is 17.5. The third-order valence-corrected chi connectivity index (χ3v) is 12.4. The van der Waals surface area contributed by atoms with Crippen LogP contribution in [0.3, 0.4) is 0 Å². The Hall–Kier alpha value is -5.32. The van der Waals surface area contributed by atoms with Gasteiger partial charge in [-0.2, -0.15) is 5.26 Å². The molecule has 3 aromatic carbocycles. The second-order valence-electron chi connectivity index (χ2n) is 14.6. The highest BCUT2D eigenvalue weighted by molar-refractivity contribution is 7.44. The van der Waals surface area contributed by atoms with Gasteiger partial charge in [0.25, 0.3) is 8.53 Å². The Balaban J connectivity index is 1.31. The van der Waals surface area contributed by atoms with E-state index in [9.17, 15) is 5.26 Å². The van der Waals surface area contributed by atoms with E-state index in [2.05, 4.69) is 65.5 Å². The van der Waals surface area contributed by atoms with Gasteiger partial charge in [-0.15, -0.1) is 0 Å². The summed E-state index contributed by atoms with van der Waals surface area (Å²) >= 11 is 0. The molecule has 1 aliphatic rings. The molecule has 6 aromatic rings. The number of nitriles is 1. The summed E-state index contributed by atoms with van der Waals surface area (Å²) < 4.78 is 43.2. The lowest BCUT2D eigenvalue weighted by molar-refractivity contribution is -0.0912. The van der Waals surface area contributed by atoms with Crippen LogP contribution >= 0.6 is 8.53 Å². The first-order valence-corrected chi connectivity index (χ1v) is 20.9. The molecule has 4 heterocycles. The summed E-state index contributed by atoms with van der Waals surface area (Å²) in [4.78, 5) is 18.5. The standard InChI is InChI=1S/C45H50N7O6P/c1-31(2)52(32(3)4)59(56-26-12-24-46)58-39-27-41(51-30-50-43-42(48-29-49-44(43)51)38-15-10-11-25-47-38)57-40(39)28-55-45(33-13-8-7-9-14-33,34-16-20-36(53-5)21-17-34)35-18-22-37(54-6)23-19-35/h7-11,13-23,25,29-32,39-41H,12,26-28H2,1-6H3/t39-,40+,41+,59?/m0/s1. The molecule has 1 unspecified atom stereocenters. The monoisotopic (exact) mass is 815 g/mol. The number of fused-ring (bicyclic) bond motifs is 1. The van der Waals surface area contributed by atoms with Crippen LogP contribution in [0.2, 0.25) is 0 Å². The molecule has 1 aliphatic heterocycles. The van der Waals surface area contributed by atoms with Gasteiger partial charge in [-0.25, -0.2) is 19.6 Å². The van der Waals surface area contributed by atoms with Crippen LogP contribution in [-0.4, -0.2) is 80.9 Å². The minimum Gasteiger partial charge on any atom is -0.497 e. The maximum atomic E-state index is 9.42. The number of aromatic nitrogens is 5. The zero-order valence-electron chi connectivity index (χ0n) is 34.2. The van der Waals surface area contributed by atoms with Gasteiger partial charge < -0.3 is 28.0 Å². The lowest BCUT2D eigenvalue weighted by Crippen LogP contribution is -2.39.